The Morgan fingerprint density at radius 3 is 2.27 bits per heavy atom. The number of hydrogen-bond acceptors (Lipinski definition) is 3. The van der Waals surface area contributed by atoms with Gasteiger partial charge in [-0.05, 0) is 19.1 Å². The van der Waals surface area contributed by atoms with Crippen LogP contribution in [0.1, 0.15) is 24.2 Å². The van der Waals surface area contributed by atoms with Crippen molar-refractivity contribution in [1.29, 1.82) is 0 Å². The van der Waals surface area contributed by atoms with Gasteiger partial charge in [-0.3, -0.25) is 9.59 Å². The van der Waals surface area contributed by atoms with Crippen LogP contribution in [0.2, 0.25) is 0 Å². The highest BCUT2D eigenvalue weighted by atomic mass is 16.2. The van der Waals surface area contributed by atoms with E-state index in [9.17, 15) is 9.59 Å². The number of Topliss-reactive ketones (excluding diaryl/α,β-unsaturated/α-hetero) is 1. The van der Waals surface area contributed by atoms with Gasteiger partial charge in [0.05, 0.1) is 0 Å². The molecule has 4 heteroatoms. The van der Waals surface area contributed by atoms with Crippen molar-refractivity contribution in [3.8, 4) is 0 Å². The highest BCUT2D eigenvalue weighted by Crippen LogP contribution is 1.97. The number of carbonyl (C=O) groups excluding carboxylic acids is 2. The zero-order valence-electron chi connectivity index (χ0n) is 8.65. The molecule has 0 aromatic heterocycles. The minimum Gasteiger partial charge on any atom is -0.293 e. The van der Waals surface area contributed by atoms with Gasteiger partial charge in [-0.1, -0.05) is 18.2 Å². The molecule has 1 N–H and O–H groups in total. The molecule has 1 amide bonds. The molecule has 78 valence electrons. The van der Waals surface area contributed by atoms with Crippen LogP contribution >= 0.6 is 0 Å². The molecule has 0 bridgehead atoms. The first-order chi connectivity index (χ1) is 7.11. The number of hydrogen-bond donors (Lipinski definition) is 1. The molecule has 0 heterocycles. The van der Waals surface area contributed by atoms with Crippen LogP contribution in [0.4, 0.5) is 0 Å². The van der Waals surface area contributed by atoms with Crippen LogP contribution in [0.3, 0.4) is 0 Å². The molecule has 0 spiro atoms. The van der Waals surface area contributed by atoms with Crippen molar-refractivity contribution in [2.24, 2.45) is 5.10 Å². The van der Waals surface area contributed by atoms with Gasteiger partial charge >= 0.3 is 0 Å². The summed E-state index contributed by atoms with van der Waals surface area (Å²) < 4.78 is 0. The summed E-state index contributed by atoms with van der Waals surface area (Å²) in [5.74, 6) is -0.487. The Morgan fingerprint density at radius 2 is 1.73 bits per heavy atom. The van der Waals surface area contributed by atoms with E-state index in [1.807, 2.05) is 6.07 Å². The lowest BCUT2D eigenvalue weighted by Gasteiger charge is -1.99. The van der Waals surface area contributed by atoms with Gasteiger partial charge in [-0.15, -0.1) is 0 Å². The second-order valence-corrected chi connectivity index (χ2v) is 3.06. The molecular formula is C11H12N2O2. The largest absolute Gasteiger partial charge is 0.293 e. The maximum Gasteiger partial charge on any atom is 0.271 e. The SMILES string of the molecule is CC(=O)/C(C)=N\NC(=O)c1ccccc1. The molecule has 4 nitrogen and oxygen atoms in total. The Morgan fingerprint density at radius 1 is 1.13 bits per heavy atom. The highest BCUT2D eigenvalue weighted by molar-refractivity contribution is 6.38. The first-order valence-electron chi connectivity index (χ1n) is 4.52. The van der Waals surface area contributed by atoms with Crippen molar-refractivity contribution in [2.75, 3.05) is 0 Å². The second-order valence-electron chi connectivity index (χ2n) is 3.06. The molecule has 1 rings (SSSR count). The fourth-order valence-electron chi connectivity index (χ4n) is 0.867. The number of ketones is 1. The van der Waals surface area contributed by atoms with Crippen LogP contribution in [0.25, 0.3) is 0 Å². The predicted octanol–water partition coefficient (Wildman–Crippen LogP) is 1.38. The molecule has 15 heavy (non-hydrogen) atoms. The number of amides is 1. The van der Waals surface area contributed by atoms with Crippen LogP contribution in [0.5, 0.6) is 0 Å². The van der Waals surface area contributed by atoms with E-state index in [-0.39, 0.29) is 17.4 Å². The van der Waals surface area contributed by atoms with E-state index >= 15 is 0 Å². The van der Waals surface area contributed by atoms with Crippen molar-refractivity contribution in [2.45, 2.75) is 13.8 Å². The monoisotopic (exact) mass is 204 g/mol. The summed E-state index contributed by atoms with van der Waals surface area (Å²) in [6.07, 6.45) is 0. The molecule has 0 saturated heterocycles. The van der Waals surface area contributed by atoms with Gasteiger partial charge in [0.15, 0.2) is 5.78 Å². The van der Waals surface area contributed by atoms with E-state index in [1.54, 1.807) is 31.2 Å². The average molecular weight is 204 g/mol. The molecule has 0 fully saturated rings. The van der Waals surface area contributed by atoms with E-state index in [2.05, 4.69) is 10.5 Å². The fourth-order valence-corrected chi connectivity index (χ4v) is 0.867. The Labute approximate surface area is 88.0 Å². The lowest BCUT2D eigenvalue weighted by atomic mass is 10.2. The maximum absolute atomic E-state index is 11.4. The normalized spacial score (nSPS) is 10.9. The number of rotatable bonds is 3. The van der Waals surface area contributed by atoms with Gasteiger partial charge in [-0.25, -0.2) is 5.43 Å². The Bertz CT molecular complexity index is 396. The summed E-state index contributed by atoms with van der Waals surface area (Å²) in [6.45, 7) is 2.95. The van der Waals surface area contributed by atoms with E-state index in [0.29, 0.717) is 5.56 Å². The van der Waals surface area contributed by atoms with Crippen LogP contribution in [-0.4, -0.2) is 17.4 Å². The fraction of sp³-hybridized carbons (Fsp3) is 0.182. The molecule has 0 aliphatic carbocycles. The van der Waals surface area contributed by atoms with Crippen molar-refractivity contribution in [3.05, 3.63) is 35.9 Å². The van der Waals surface area contributed by atoms with E-state index < -0.39 is 0 Å². The third-order valence-corrected chi connectivity index (χ3v) is 1.87. The summed E-state index contributed by atoms with van der Waals surface area (Å²) in [5, 5.41) is 3.67. The molecule has 0 aliphatic heterocycles. The lowest BCUT2D eigenvalue weighted by molar-refractivity contribution is -0.111. The van der Waals surface area contributed by atoms with E-state index in [4.69, 9.17) is 0 Å². The summed E-state index contributed by atoms with van der Waals surface area (Å²) >= 11 is 0. The molecule has 0 aliphatic rings. The van der Waals surface area contributed by atoms with Gasteiger partial charge in [0, 0.05) is 12.5 Å². The first-order valence-corrected chi connectivity index (χ1v) is 4.52. The van der Waals surface area contributed by atoms with Crippen LogP contribution in [0.15, 0.2) is 35.4 Å². The molecule has 1 aromatic carbocycles. The topological polar surface area (TPSA) is 58.5 Å². The third-order valence-electron chi connectivity index (χ3n) is 1.87. The average Bonchev–Trinajstić information content (AvgIpc) is 2.26. The molecule has 0 atom stereocenters. The lowest BCUT2D eigenvalue weighted by Crippen LogP contribution is -2.20. The Kier molecular flexibility index (Phi) is 3.74. The van der Waals surface area contributed by atoms with Gasteiger partial charge in [0.25, 0.3) is 5.91 Å². The number of nitrogens with zero attached hydrogens (tertiary/aromatic N) is 1. The van der Waals surface area contributed by atoms with Crippen molar-refractivity contribution in [1.82, 2.24) is 5.43 Å². The van der Waals surface area contributed by atoms with Gasteiger partial charge in [0.1, 0.15) is 5.71 Å². The third kappa shape index (κ3) is 3.34. The van der Waals surface area contributed by atoms with Crippen molar-refractivity contribution >= 4 is 17.4 Å². The van der Waals surface area contributed by atoms with Crippen LogP contribution in [-0.2, 0) is 4.79 Å². The van der Waals surface area contributed by atoms with Gasteiger partial charge in [0.2, 0.25) is 0 Å². The first kappa shape index (κ1) is 11.1. The van der Waals surface area contributed by atoms with E-state index in [0.717, 1.165) is 0 Å². The van der Waals surface area contributed by atoms with Crippen LogP contribution in [0, 0.1) is 0 Å². The molecular weight excluding hydrogens is 192 g/mol. The minimum atomic E-state index is -0.323. The second kappa shape index (κ2) is 5.05. The van der Waals surface area contributed by atoms with Crippen molar-refractivity contribution < 1.29 is 9.59 Å². The van der Waals surface area contributed by atoms with Crippen LogP contribution < -0.4 is 5.43 Å². The predicted molar refractivity (Wildman–Crippen MR) is 57.7 cm³/mol. The van der Waals surface area contributed by atoms with Gasteiger partial charge in [-0.2, -0.15) is 5.10 Å². The standard InChI is InChI=1S/C11H12N2O2/c1-8(9(2)14)12-13-11(15)10-6-4-3-5-7-10/h3-7H,1-2H3,(H,13,15)/b12-8-. The summed E-state index contributed by atoms with van der Waals surface area (Å²) in [5.41, 5.74) is 3.10. The maximum atomic E-state index is 11.4. The molecule has 0 radical (unpaired) electrons. The zero-order valence-corrected chi connectivity index (χ0v) is 8.65. The number of carbonyl (C=O) groups is 2. The molecule has 0 saturated carbocycles. The number of hydrazone groups is 1. The number of benzene rings is 1. The minimum absolute atomic E-state index is 0.164. The molecule has 1 aromatic rings. The summed E-state index contributed by atoms with van der Waals surface area (Å²) in [7, 11) is 0. The van der Waals surface area contributed by atoms with Gasteiger partial charge < -0.3 is 0 Å². The summed E-state index contributed by atoms with van der Waals surface area (Å²) in [6, 6.07) is 8.69. The van der Waals surface area contributed by atoms with Crippen molar-refractivity contribution in [3.63, 3.8) is 0 Å². The summed E-state index contributed by atoms with van der Waals surface area (Å²) in [4.78, 5) is 22.3. The smallest absolute Gasteiger partial charge is 0.271 e. The highest BCUT2D eigenvalue weighted by Gasteiger charge is 2.03. The Hall–Kier alpha value is -1.97. The molecule has 0 unspecified atom stereocenters. The quantitative estimate of drug-likeness (QED) is 0.597. The zero-order chi connectivity index (χ0) is 11.3. The number of nitrogens with one attached hydrogen (secondary N) is 1. The Balaban J connectivity index is 2.66. The van der Waals surface area contributed by atoms with E-state index in [1.165, 1.54) is 6.92 Å².